The Kier molecular flexibility index (Phi) is 3.37. The Morgan fingerprint density at radius 1 is 1.19 bits per heavy atom. The minimum atomic E-state index is -0.309. The number of aryl methyl sites for hydroxylation is 1. The van der Waals surface area contributed by atoms with Gasteiger partial charge in [-0.1, -0.05) is 11.6 Å². The Hall–Kier alpha value is -2.73. The molecule has 0 radical (unpaired) electrons. The maximum Gasteiger partial charge on any atom is 0.155 e. The van der Waals surface area contributed by atoms with Crippen LogP contribution < -0.4 is 0 Å². The molecule has 0 bridgehead atoms. The molecule has 1 aromatic carbocycles. The van der Waals surface area contributed by atoms with Crippen LogP contribution in [0.4, 0.5) is 4.39 Å². The van der Waals surface area contributed by atoms with E-state index in [0.717, 1.165) is 53.4 Å². The quantitative estimate of drug-likeness (QED) is 0.530. The van der Waals surface area contributed by atoms with Gasteiger partial charge in [0.1, 0.15) is 18.0 Å². The number of nitrogens with zero attached hydrogens (tertiary/aromatic N) is 5. The lowest BCUT2D eigenvalue weighted by atomic mass is 10.0. The third-order valence-electron chi connectivity index (χ3n) is 4.95. The summed E-state index contributed by atoms with van der Waals surface area (Å²) in [6.07, 6.45) is 5.47. The maximum absolute atomic E-state index is 13.9. The van der Waals surface area contributed by atoms with Crippen molar-refractivity contribution >= 4 is 17.2 Å². The fourth-order valence-corrected chi connectivity index (χ4v) is 3.85. The number of imidazole rings is 1. The van der Waals surface area contributed by atoms with Gasteiger partial charge in [0.15, 0.2) is 5.65 Å². The van der Waals surface area contributed by atoms with Crippen molar-refractivity contribution in [3.05, 3.63) is 59.0 Å². The molecule has 0 atom stereocenters. The minimum Gasteiger partial charge on any atom is -0.327 e. The van der Waals surface area contributed by atoms with Crippen LogP contribution in [0, 0.1) is 12.7 Å². The van der Waals surface area contributed by atoms with E-state index in [9.17, 15) is 4.39 Å². The van der Waals surface area contributed by atoms with Crippen LogP contribution in [0.5, 0.6) is 0 Å². The van der Waals surface area contributed by atoms with Gasteiger partial charge >= 0.3 is 0 Å². The number of fused-ring (bicyclic) bond motifs is 2. The second-order valence-corrected chi connectivity index (χ2v) is 6.87. The highest BCUT2D eigenvalue weighted by molar-refractivity contribution is 6.34. The molecule has 7 heteroatoms. The molecule has 5 nitrogen and oxygen atoms in total. The molecule has 0 spiro atoms. The highest BCUT2D eigenvalue weighted by Crippen LogP contribution is 2.39. The molecule has 0 amide bonds. The average molecular weight is 368 g/mol. The molecule has 0 saturated carbocycles. The summed E-state index contributed by atoms with van der Waals surface area (Å²) in [6, 6.07) is 7.10. The van der Waals surface area contributed by atoms with Crippen LogP contribution in [-0.4, -0.2) is 24.1 Å². The fraction of sp³-hybridized carbons (Fsp3) is 0.211. The molecule has 0 N–H and O–H groups in total. The molecule has 3 aromatic heterocycles. The number of hydrogen-bond donors (Lipinski definition) is 0. The molecule has 26 heavy (non-hydrogen) atoms. The van der Waals surface area contributed by atoms with Crippen molar-refractivity contribution < 1.29 is 4.39 Å². The van der Waals surface area contributed by atoms with Gasteiger partial charge < -0.3 is 4.57 Å². The third-order valence-corrected chi connectivity index (χ3v) is 5.44. The van der Waals surface area contributed by atoms with Crippen LogP contribution in [0.2, 0.25) is 5.02 Å². The van der Waals surface area contributed by atoms with Crippen molar-refractivity contribution in [1.29, 1.82) is 0 Å². The van der Waals surface area contributed by atoms with Crippen LogP contribution in [-0.2, 0) is 13.0 Å². The first-order chi connectivity index (χ1) is 12.6. The van der Waals surface area contributed by atoms with Gasteiger partial charge in [-0.05, 0) is 37.6 Å². The molecule has 1 aliphatic heterocycles. The Bertz CT molecular complexity index is 1160. The lowest BCUT2D eigenvalue weighted by molar-refractivity contribution is 0.619. The molecule has 0 unspecified atom stereocenters. The van der Waals surface area contributed by atoms with Gasteiger partial charge in [-0.15, -0.1) is 0 Å². The van der Waals surface area contributed by atoms with E-state index < -0.39 is 0 Å². The fourth-order valence-electron chi connectivity index (χ4n) is 3.61. The number of rotatable bonds is 2. The molecule has 0 aliphatic carbocycles. The molecule has 0 saturated heterocycles. The van der Waals surface area contributed by atoms with Crippen LogP contribution in [0.3, 0.4) is 0 Å². The van der Waals surface area contributed by atoms with Crippen LogP contribution in [0.25, 0.3) is 28.2 Å². The van der Waals surface area contributed by atoms with Crippen molar-refractivity contribution in [2.75, 3.05) is 0 Å². The van der Waals surface area contributed by atoms with Crippen LogP contribution in [0.15, 0.2) is 36.8 Å². The molecular formula is C19H15ClFN5. The SMILES string of the molecule is Cc1c(F)ccc(-c2nc3n(c2-c2ccc4ncnn4c2)CCC3)c1Cl. The van der Waals surface area contributed by atoms with E-state index in [4.69, 9.17) is 16.6 Å². The summed E-state index contributed by atoms with van der Waals surface area (Å²) in [5.41, 5.74) is 4.73. The van der Waals surface area contributed by atoms with E-state index in [0.29, 0.717) is 10.6 Å². The second kappa shape index (κ2) is 5.64. The van der Waals surface area contributed by atoms with Crippen molar-refractivity contribution in [3.8, 4) is 22.5 Å². The Morgan fingerprint density at radius 3 is 2.96 bits per heavy atom. The minimum absolute atomic E-state index is 0.309. The first-order valence-electron chi connectivity index (χ1n) is 8.47. The zero-order valence-electron chi connectivity index (χ0n) is 14.1. The third kappa shape index (κ3) is 2.18. The molecule has 4 aromatic rings. The van der Waals surface area contributed by atoms with E-state index in [1.54, 1.807) is 17.5 Å². The molecule has 0 fully saturated rings. The van der Waals surface area contributed by atoms with E-state index in [1.165, 1.54) is 12.4 Å². The van der Waals surface area contributed by atoms with Crippen molar-refractivity contribution in [3.63, 3.8) is 0 Å². The molecule has 4 heterocycles. The topological polar surface area (TPSA) is 48.0 Å². The predicted octanol–water partition coefficient (Wildman–Crippen LogP) is 4.31. The smallest absolute Gasteiger partial charge is 0.155 e. The maximum atomic E-state index is 13.9. The van der Waals surface area contributed by atoms with Gasteiger partial charge in [-0.25, -0.2) is 18.9 Å². The lowest BCUT2D eigenvalue weighted by Crippen LogP contribution is -1.99. The number of hydrogen-bond acceptors (Lipinski definition) is 3. The Morgan fingerprint density at radius 2 is 2.08 bits per heavy atom. The summed E-state index contributed by atoms with van der Waals surface area (Å²) in [7, 11) is 0. The number of halogens is 2. The van der Waals surface area contributed by atoms with Gasteiger partial charge in [-0.2, -0.15) is 5.10 Å². The zero-order chi connectivity index (χ0) is 17.8. The second-order valence-electron chi connectivity index (χ2n) is 6.49. The number of pyridine rings is 1. The molecule has 1 aliphatic rings. The van der Waals surface area contributed by atoms with Gasteiger partial charge in [0.2, 0.25) is 0 Å². The van der Waals surface area contributed by atoms with E-state index in [1.807, 2.05) is 18.3 Å². The zero-order valence-corrected chi connectivity index (χ0v) is 14.8. The Balaban J connectivity index is 1.79. The summed E-state index contributed by atoms with van der Waals surface area (Å²) in [4.78, 5) is 9.04. The first kappa shape index (κ1) is 15.5. The summed E-state index contributed by atoms with van der Waals surface area (Å²) in [6.45, 7) is 2.59. The largest absolute Gasteiger partial charge is 0.327 e. The molecule has 130 valence electrons. The lowest BCUT2D eigenvalue weighted by Gasteiger charge is -2.11. The van der Waals surface area contributed by atoms with Crippen molar-refractivity contribution in [2.45, 2.75) is 26.3 Å². The summed E-state index contributed by atoms with van der Waals surface area (Å²) >= 11 is 6.48. The summed E-state index contributed by atoms with van der Waals surface area (Å²) < 4.78 is 17.8. The first-order valence-corrected chi connectivity index (χ1v) is 8.85. The highest BCUT2D eigenvalue weighted by Gasteiger charge is 2.25. The summed E-state index contributed by atoms with van der Waals surface area (Å²) in [5.74, 6) is 0.725. The van der Waals surface area contributed by atoms with Crippen molar-refractivity contribution in [2.24, 2.45) is 0 Å². The van der Waals surface area contributed by atoms with E-state index in [2.05, 4.69) is 14.6 Å². The molecular weight excluding hydrogens is 353 g/mol. The number of aromatic nitrogens is 5. The van der Waals surface area contributed by atoms with Crippen molar-refractivity contribution in [1.82, 2.24) is 24.1 Å². The van der Waals surface area contributed by atoms with Gasteiger partial charge in [0.05, 0.1) is 16.4 Å². The monoisotopic (exact) mass is 367 g/mol. The van der Waals surface area contributed by atoms with Gasteiger partial charge in [0.25, 0.3) is 0 Å². The normalized spacial score (nSPS) is 13.5. The Labute approximate surface area is 154 Å². The van der Waals surface area contributed by atoms with Gasteiger partial charge in [-0.3, -0.25) is 0 Å². The number of benzene rings is 1. The van der Waals surface area contributed by atoms with E-state index >= 15 is 0 Å². The van der Waals surface area contributed by atoms with Gasteiger partial charge in [0, 0.05) is 35.9 Å². The average Bonchev–Trinajstić information content (AvgIpc) is 3.34. The van der Waals surface area contributed by atoms with E-state index in [-0.39, 0.29) is 5.82 Å². The van der Waals surface area contributed by atoms with Crippen LogP contribution >= 0.6 is 11.6 Å². The standard InChI is InChI=1S/C19H15ClFN5/c1-11-14(21)6-5-13(17(11)20)18-19(25-8-2-3-16(25)24-18)12-4-7-15-22-10-23-26(15)9-12/h4-7,9-10H,2-3,8H2,1H3. The highest BCUT2D eigenvalue weighted by atomic mass is 35.5. The van der Waals surface area contributed by atoms with Crippen LogP contribution in [0.1, 0.15) is 17.8 Å². The predicted molar refractivity (Wildman–Crippen MR) is 97.7 cm³/mol. The summed E-state index contributed by atoms with van der Waals surface area (Å²) in [5, 5.41) is 4.64. The molecule has 5 rings (SSSR count).